The van der Waals surface area contributed by atoms with Crippen molar-refractivity contribution in [1.82, 2.24) is 14.6 Å². The minimum Gasteiger partial charge on any atom is -0.232 e. The third kappa shape index (κ3) is 1.07. The summed E-state index contributed by atoms with van der Waals surface area (Å²) < 4.78 is 1.84. The van der Waals surface area contributed by atoms with Crippen molar-refractivity contribution in [1.29, 1.82) is 0 Å². The zero-order chi connectivity index (χ0) is 7.84. The van der Waals surface area contributed by atoms with Gasteiger partial charge in [0.2, 0.25) is 0 Å². The van der Waals surface area contributed by atoms with E-state index in [-0.39, 0.29) is 7.43 Å². The molecular weight excluding hydrogens is 150 g/mol. The Labute approximate surface area is 72.1 Å². The van der Waals surface area contributed by atoms with Gasteiger partial charge in [-0.05, 0) is 26.0 Å². The van der Waals surface area contributed by atoms with Crippen molar-refractivity contribution in [2.45, 2.75) is 21.3 Å². The Hall–Kier alpha value is -1.38. The Morgan fingerprint density at radius 3 is 2.75 bits per heavy atom. The molecule has 0 fully saturated rings. The number of aryl methyl sites for hydroxylation is 2. The van der Waals surface area contributed by atoms with E-state index in [1.807, 2.05) is 30.5 Å². The van der Waals surface area contributed by atoms with Crippen molar-refractivity contribution in [3.05, 3.63) is 29.7 Å². The minimum atomic E-state index is 0. The first-order valence-electron chi connectivity index (χ1n) is 3.56. The second-order valence-corrected chi connectivity index (χ2v) is 2.58. The van der Waals surface area contributed by atoms with Gasteiger partial charge in [0.15, 0.2) is 5.65 Å². The second kappa shape index (κ2) is 2.93. The normalized spacial score (nSPS) is 9.83. The third-order valence-electron chi connectivity index (χ3n) is 1.85. The number of nitrogens with zero attached hydrogens (tertiary/aromatic N) is 3. The number of imidazole rings is 1. The fourth-order valence-corrected chi connectivity index (χ4v) is 1.11. The topological polar surface area (TPSA) is 30.2 Å². The van der Waals surface area contributed by atoms with Crippen molar-refractivity contribution in [2.75, 3.05) is 0 Å². The molecule has 2 heterocycles. The summed E-state index contributed by atoms with van der Waals surface area (Å²) in [6.45, 7) is 4.01. The monoisotopic (exact) mass is 163 g/mol. The minimum absolute atomic E-state index is 0. The first-order chi connectivity index (χ1) is 5.29. The predicted molar refractivity (Wildman–Crippen MR) is 49.2 cm³/mol. The Bertz CT molecular complexity index is 390. The summed E-state index contributed by atoms with van der Waals surface area (Å²) in [6.07, 6.45) is 1.76. The molecule has 0 aliphatic rings. The van der Waals surface area contributed by atoms with Gasteiger partial charge in [-0.15, -0.1) is 0 Å². The second-order valence-electron chi connectivity index (χ2n) is 2.58. The van der Waals surface area contributed by atoms with Crippen molar-refractivity contribution >= 4 is 5.65 Å². The van der Waals surface area contributed by atoms with Crippen molar-refractivity contribution in [3.63, 3.8) is 0 Å². The molecule has 0 saturated carbocycles. The Morgan fingerprint density at radius 1 is 1.33 bits per heavy atom. The van der Waals surface area contributed by atoms with Crippen LogP contribution in [-0.2, 0) is 0 Å². The van der Waals surface area contributed by atoms with Crippen molar-refractivity contribution in [2.24, 2.45) is 0 Å². The summed E-state index contributed by atoms with van der Waals surface area (Å²) in [5, 5.41) is 4.16. The number of fused-ring (bicyclic) bond motifs is 1. The molecule has 3 nitrogen and oxygen atoms in total. The quantitative estimate of drug-likeness (QED) is 0.594. The molecule has 2 aromatic rings. The molecule has 0 spiro atoms. The first kappa shape index (κ1) is 8.71. The van der Waals surface area contributed by atoms with Gasteiger partial charge in [-0.25, -0.2) is 9.50 Å². The Kier molecular flexibility index (Phi) is 2.13. The third-order valence-corrected chi connectivity index (χ3v) is 1.85. The van der Waals surface area contributed by atoms with E-state index in [0.29, 0.717) is 0 Å². The van der Waals surface area contributed by atoms with Crippen LogP contribution in [0, 0.1) is 13.8 Å². The number of aromatic nitrogens is 3. The molecule has 0 aliphatic carbocycles. The van der Waals surface area contributed by atoms with E-state index in [1.165, 1.54) is 0 Å². The van der Waals surface area contributed by atoms with Gasteiger partial charge >= 0.3 is 0 Å². The van der Waals surface area contributed by atoms with E-state index < -0.39 is 0 Å². The van der Waals surface area contributed by atoms with Crippen LogP contribution in [0.1, 0.15) is 18.8 Å². The van der Waals surface area contributed by atoms with Crippen molar-refractivity contribution < 1.29 is 0 Å². The summed E-state index contributed by atoms with van der Waals surface area (Å²) in [4.78, 5) is 4.31. The highest BCUT2D eigenvalue weighted by Crippen LogP contribution is 2.07. The first-order valence-corrected chi connectivity index (χ1v) is 3.56. The molecule has 2 rings (SSSR count). The largest absolute Gasteiger partial charge is 0.232 e. The van der Waals surface area contributed by atoms with Crippen LogP contribution in [0.5, 0.6) is 0 Å². The smallest absolute Gasteiger partial charge is 0.154 e. The number of hydrogen-bond donors (Lipinski definition) is 0. The zero-order valence-electron chi connectivity index (χ0n) is 6.57. The van der Waals surface area contributed by atoms with E-state index in [1.54, 1.807) is 6.20 Å². The maximum absolute atomic E-state index is 4.31. The van der Waals surface area contributed by atoms with Gasteiger partial charge in [-0.1, -0.05) is 7.43 Å². The van der Waals surface area contributed by atoms with Crippen LogP contribution < -0.4 is 0 Å². The average Bonchev–Trinajstić information content (AvgIpc) is 2.30. The SMILES string of the molecule is C.Cc1nc2cccnn2c1C. The maximum Gasteiger partial charge on any atom is 0.154 e. The standard InChI is InChI=1S/C8H9N3.CH4/c1-6-7(2)11-8(10-6)4-3-5-9-11;/h3-5H,1-2H3;1H4. The van der Waals surface area contributed by atoms with Gasteiger partial charge in [0.05, 0.1) is 11.4 Å². The van der Waals surface area contributed by atoms with Gasteiger partial charge in [0.25, 0.3) is 0 Å². The van der Waals surface area contributed by atoms with Crippen LogP contribution in [0.15, 0.2) is 18.3 Å². The number of hydrogen-bond acceptors (Lipinski definition) is 2. The fourth-order valence-electron chi connectivity index (χ4n) is 1.11. The molecule has 0 bridgehead atoms. The Morgan fingerprint density at radius 2 is 2.08 bits per heavy atom. The van der Waals surface area contributed by atoms with Crippen LogP contribution in [0.4, 0.5) is 0 Å². The molecule has 3 heteroatoms. The van der Waals surface area contributed by atoms with Crippen LogP contribution in [0.25, 0.3) is 5.65 Å². The van der Waals surface area contributed by atoms with E-state index in [4.69, 9.17) is 0 Å². The summed E-state index contributed by atoms with van der Waals surface area (Å²) in [7, 11) is 0. The summed E-state index contributed by atoms with van der Waals surface area (Å²) in [5.74, 6) is 0. The fraction of sp³-hybridized carbons (Fsp3) is 0.333. The molecule has 0 aliphatic heterocycles. The van der Waals surface area contributed by atoms with E-state index >= 15 is 0 Å². The van der Waals surface area contributed by atoms with Gasteiger partial charge in [-0.3, -0.25) is 0 Å². The highest BCUT2D eigenvalue weighted by molar-refractivity contribution is 5.40. The highest BCUT2D eigenvalue weighted by atomic mass is 15.3. The van der Waals surface area contributed by atoms with E-state index in [9.17, 15) is 0 Å². The van der Waals surface area contributed by atoms with Crippen LogP contribution in [0.3, 0.4) is 0 Å². The highest BCUT2D eigenvalue weighted by Gasteiger charge is 2.01. The lowest BCUT2D eigenvalue weighted by Gasteiger charge is -1.91. The Balaban J connectivity index is 0.000000720. The van der Waals surface area contributed by atoms with Crippen LogP contribution in [0.2, 0.25) is 0 Å². The molecule has 0 saturated heterocycles. The molecule has 0 atom stereocenters. The molecule has 64 valence electrons. The van der Waals surface area contributed by atoms with E-state index in [2.05, 4.69) is 10.1 Å². The molecule has 0 unspecified atom stereocenters. The molecule has 12 heavy (non-hydrogen) atoms. The van der Waals surface area contributed by atoms with E-state index in [0.717, 1.165) is 17.0 Å². The van der Waals surface area contributed by atoms with Gasteiger partial charge in [-0.2, -0.15) is 5.10 Å². The summed E-state index contributed by atoms with van der Waals surface area (Å²) in [5.41, 5.74) is 3.08. The lowest BCUT2D eigenvalue weighted by atomic mass is 10.4. The van der Waals surface area contributed by atoms with Crippen molar-refractivity contribution in [3.8, 4) is 0 Å². The van der Waals surface area contributed by atoms with Gasteiger partial charge in [0.1, 0.15) is 0 Å². The molecule has 2 aromatic heterocycles. The zero-order valence-corrected chi connectivity index (χ0v) is 6.57. The number of rotatable bonds is 0. The molecule has 0 radical (unpaired) electrons. The van der Waals surface area contributed by atoms with Crippen LogP contribution in [-0.4, -0.2) is 14.6 Å². The maximum atomic E-state index is 4.31. The lowest BCUT2D eigenvalue weighted by Crippen LogP contribution is -1.91. The molecule has 0 aromatic carbocycles. The predicted octanol–water partition coefficient (Wildman–Crippen LogP) is 1.98. The molecular formula is C9H13N3. The summed E-state index contributed by atoms with van der Waals surface area (Å²) >= 11 is 0. The van der Waals surface area contributed by atoms with Gasteiger partial charge < -0.3 is 0 Å². The lowest BCUT2D eigenvalue weighted by molar-refractivity contribution is 0.895. The molecule has 0 N–H and O–H groups in total. The average molecular weight is 163 g/mol. The van der Waals surface area contributed by atoms with Gasteiger partial charge in [0, 0.05) is 6.20 Å². The summed E-state index contributed by atoms with van der Waals surface area (Å²) in [6, 6.07) is 3.84. The van der Waals surface area contributed by atoms with Crippen LogP contribution >= 0.6 is 0 Å². The molecule has 0 amide bonds.